The van der Waals surface area contributed by atoms with Crippen molar-refractivity contribution in [2.24, 2.45) is 20.7 Å². The molecule has 3 aliphatic rings. The topological polar surface area (TPSA) is 170 Å². The second-order valence-electron chi connectivity index (χ2n) is 9.53. The van der Waals surface area contributed by atoms with Crippen molar-refractivity contribution in [2.75, 3.05) is 20.8 Å². The van der Waals surface area contributed by atoms with Crippen LogP contribution in [0.15, 0.2) is 63.5 Å². The number of carbonyl (C=O) groups excluding carboxylic acids is 1. The largest absolute Gasteiger partial charge is 0.497 e. The Morgan fingerprint density at radius 2 is 1.52 bits per heavy atom. The SMILES string of the molecule is COc1ccc(OP(=S)(Oc2ccc(OC)cc2)C23N=CN([C@@H]4O[C@@](CO)(C(F)F)C(O)C4(F)F)C2=NC(N)=NC3=O)cc1. The summed E-state index contributed by atoms with van der Waals surface area (Å²) in [4.78, 5) is 25.9. The number of nitrogens with zero attached hydrogens (tertiary/aromatic N) is 4. The van der Waals surface area contributed by atoms with E-state index in [-0.39, 0.29) is 11.5 Å². The summed E-state index contributed by atoms with van der Waals surface area (Å²) >= 11 is 5.88. The zero-order valence-electron chi connectivity index (χ0n) is 22.7. The zero-order valence-corrected chi connectivity index (χ0v) is 24.4. The number of halogens is 4. The summed E-state index contributed by atoms with van der Waals surface area (Å²) in [5.41, 5.74) is 2.33. The lowest BCUT2D eigenvalue weighted by Crippen LogP contribution is -2.57. The number of hydrogen-bond donors (Lipinski definition) is 3. The summed E-state index contributed by atoms with van der Waals surface area (Å²) in [6.45, 7) is -6.06. The molecule has 0 bridgehead atoms. The Labute approximate surface area is 251 Å². The summed E-state index contributed by atoms with van der Waals surface area (Å²) in [7, 11) is 2.86. The van der Waals surface area contributed by atoms with Crippen molar-refractivity contribution in [3.63, 3.8) is 0 Å². The van der Waals surface area contributed by atoms with E-state index in [1.807, 2.05) is 0 Å². The molecular formula is C25H24F4N5O8PS. The Hall–Kier alpha value is -3.83. The Kier molecular flexibility index (Phi) is 8.09. The molecule has 236 valence electrons. The van der Waals surface area contributed by atoms with Crippen molar-refractivity contribution >= 4 is 42.3 Å². The average Bonchev–Trinajstić information content (AvgIpc) is 3.47. The number of rotatable bonds is 10. The van der Waals surface area contributed by atoms with E-state index in [0.29, 0.717) is 22.7 Å². The van der Waals surface area contributed by atoms with Crippen LogP contribution in [0.1, 0.15) is 0 Å². The molecule has 1 saturated heterocycles. The Morgan fingerprint density at radius 1 is 1.02 bits per heavy atom. The lowest BCUT2D eigenvalue weighted by Gasteiger charge is -2.38. The van der Waals surface area contributed by atoms with E-state index in [0.717, 1.165) is 0 Å². The molecule has 44 heavy (non-hydrogen) atoms. The van der Waals surface area contributed by atoms with Crippen LogP contribution in [0.25, 0.3) is 0 Å². The summed E-state index contributed by atoms with van der Waals surface area (Å²) < 4.78 is 86.3. The Balaban J connectivity index is 1.65. The lowest BCUT2D eigenvalue weighted by atomic mass is 9.96. The molecule has 3 aliphatic heterocycles. The van der Waals surface area contributed by atoms with Crippen LogP contribution >= 0.6 is 6.49 Å². The molecule has 0 saturated carbocycles. The summed E-state index contributed by atoms with van der Waals surface area (Å²) in [6, 6.07) is 11.7. The van der Waals surface area contributed by atoms with Crippen LogP contribution in [-0.2, 0) is 21.3 Å². The summed E-state index contributed by atoms with van der Waals surface area (Å²) in [6.07, 6.45) is -9.09. The second kappa shape index (κ2) is 11.3. The minimum Gasteiger partial charge on any atom is -0.497 e. The van der Waals surface area contributed by atoms with Gasteiger partial charge in [-0.2, -0.15) is 18.8 Å². The molecule has 2 aromatic rings. The van der Waals surface area contributed by atoms with Crippen LogP contribution in [0.4, 0.5) is 17.6 Å². The van der Waals surface area contributed by atoms with Crippen molar-refractivity contribution in [3.05, 3.63) is 48.5 Å². The Bertz CT molecular complexity index is 1530. The number of hydrogen-bond acceptors (Lipinski definition) is 13. The zero-order chi connectivity index (χ0) is 32.1. The maximum atomic E-state index is 15.5. The molecular weight excluding hydrogens is 637 g/mol. The number of aliphatic imine (C=N–C) groups is 3. The van der Waals surface area contributed by atoms with E-state index < -0.39 is 66.4 Å². The third-order valence-corrected chi connectivity index (χ3v) is 10.4. The van der Waals surface area contributed by atoms with Crippen LogP contribution in [0.2, 0.25) is 0 Å². The predicted octanol–water partition coefficient (Wildman–Crippen LogP) is 2.11. The van der Waals surface area contributed by atoms with Crippen LogP contribution in [0.3, 0.4) is 0 Å². The molecule has 19 heteroatoms. The van der Waals surface area contributed by atoms with Crippen molar-refractivity contribution < 1.29 is 55.8 Å². The van der Waals surface area contributed by atoms with Gasteiger partial charge in [0, 0.05) is 0 Å². The first-order valence-corrected chi connectivity index (χ1v) is 15.1. The van der Waals surface area contributed by atoms with Gasteiger partial charge in [0.15, 0.2) is 17.5 Å². The van der Waals surface area contributed by atoms with Gasteiger partial charge in [-0.3, -0.25) is 9.69 Å². The molecule has 4 N–H and O–H groups in total. The molecule has 2 unspecified atom stereocenters. The number of guanidine groups is 1. The molecule has 5 rings (SSSR count). The Morgan fingerprint density at radius 3 is 1.95 bits per heavy atom. The van der Waals surface area contributed by atoms with Crippen molar-refractivity contribution in [3.8, 4) is 23.0 Å². The number of aliphatic hydroxyl groups excluding tert-OH is 2. The number of fused-ring (bicyclic) bond motifs is 1. The number of nitrogens with two attached hydrogens (primary N) is 1. The second-order valence-corrected chi connectivity index (χ2v) is 13.0. The van der Waals surface area contributed by atoms with E-state index >= 15 is 8.78 Å². The highest BCUT2D eigenvalue weighted by Gasteiger charge is 2.74. The van der Waals surface area contributed by atoms with Crippen LogP contribution < -0.4 is 24.3 Å². The normalized spacial score (nSPS) is 27.6. The van der Waals surface area contributed by atoms with Gasteiger partial charge in [-0.05, 0) is 60.3 Å². The van der Waals surface area contributed by atoms with E-state index in [1.165, 1.54) is 62.8 Å². The van der Waals surface area contributed by atoms with Gasteiger partial charge in [0.25, 0.3) is 17.6 Å². The maximum absolute atomic E-state index is 15.5. The molecule has 0 spiro atoms. The van der Waals surface area contributed by atoms with Gasteiger partial charge >= 0.3 is 12.4 Å². The van der Waals surface area contributed by atoms with Crippen LogP contribution in [0, 0.1) is 0 Å². The highest BCUT2D eigenvalue weighted by molar-refractivity contribution is 8.11. The number of benzene rings is 2. The van der Waals surface area contributed by atoms with E-state index in [2.05, 4.69) is 15.0 Å². The number of ether oxygens (including phenoxy) is 3. The molecule has 0 aromatic heterocycles. The lowest BCUT2D eigenvalue weighted by molar-refractivity contribution is -0.193. The van der Waals surface area contributed by atoms with E-state index in [9.17, 15) is 23.8 Å². The van der Waals surface area contributed by atoms with Crippen molar-refractivity contribution in [1.29, 1.82) is 0 Å². The van der Waals surface area contributed by atoms with Crippen molar-refractivity contribution in [1.82, 2.24) is 4.90 Å². The van der Waals surface area contributed by atoms with Gasteiger partial charge in [-0.1, -0.05) is 0 Å². The minimum atomic E-state index is -4.48. The molecule has 3 heterocycles. The smallest absolute Gasteiger partial charge is 0.334 e. The summed E-state index contributed by atoms with van der Waals surface area (Å²) in [5.74, 6) is -6.23. The fourth-order valence-electron chi connectivity index (χ4n) is 4.64. The molecule has 0 aliphatic carbocycles. The molecule has 1 amide bonds. The first-order chi connectivity index (χ1) is 20.8. The number of amides is 1. The molecule has 4 atom stereocenters. The molecule has 13 nitrogen and oxygen atoms in total. The van der Waals surface area contributed by atoms with E-state index in [4.69, 9.17) is 40.8 Å². The predicted molar refractivity (Wildman–Crippen MR) is 150 cm³/mol. The third-order valence-electron chi connectivity index (χ3n) is 6.98. The van der Waals surface area contributed by atoms with Gasteiger partial charge in [0.2, 0.25) is 12.2 Å². The quantitative estimate of drug-likeness (QED) is 0.252. The maximum Gasteiger partial charge on any atom is 0.334 e. The number of carbonyl (C=O) groups is 1. The molecule has 2 aromatic carbocycles. The van der Waals surface area contributed by atoms with Gasteiger partial charge in [-0.25, -0.2) is 13.8 Å². The monoisotopic (exact) mass is 661 g/mol. The number of amidine groups is 1. The molecule has 0 radical (unpaired) electrons. The highest BCUT2D eigenvalue weighted by Crippen LogP contribution is 2.64. The van der Waals surface area contributed by atoms with Crippen molar-refractivity contribution in [2.45, 2.75) is 35.6 Å². The summed E-state index contributed by atoms with van der Waals surface area (Å²) in [5, 5.41) is 17.2. The molecule has 1 fully saturated rings. The van der Waals surface area contributed by atoms with Crippen LogP contribution in [-0.4, -0.2) is 95.5 Å². The van der Waals surface area contributed by atoms with Gasteiger partial charge in [0.05, 0.1) is 27.2 Å². The van der Waals surface area contributed by atoms with Gasteiger partial charge < -0.3 is 39.2 Å². The minimum absolute atomic E-state index is 0.0372. The fraction of sp³-hybridized carbons (Fsp3) is 0.360. The number of alkyl halides is 4. The number of methoxy groups -OCH3 is 2. The fourth-order valence-corrected chi connectivity index (χ4v) is 7.77. The highest BCUT2D eigenvalue weighted by atomic mass is 32.5. The van der Waals surface area contributed by atoms with Crippen LogP contribution in [0.5, 0.6) is 23.0 Å². The number of aliphatic hydroxyl groups is 2. The van der Waals surface area contributed by atoms with Gasteiger partial charge in [-0.15, -0.1) is 0 Å². The van der Waals surface area contributed by atoms with E-state index in [1.54, 1.807) is 0 Å². The third kappa shape index (κ3) is 4.77. The average molecular weight is 662 g/mol. The standard InChI is InChI=1S/C25H24F4N5O8PS/c1-38-13-3-7-15(8-4-13)41-43(44,42-16-9-5-14(39-2)6-10-16)25-19(32-22(30)33-20(25)37)34(12-31-25)21-24(28,29)17(36)23(11-35,40-21)18(26)27/h3-10,12,17-18,21,35-36H,11H2,1-2H3,(H2,30,33,37)/t17?,21-,23-,25?/m1/s1. The van der Waals surface area contributed by atoms with Gasteiger partial charge in [0.1, 0.15) is 23.0 Å². The first-order valence-electron chi connectivity index (χ1n) is 12.5. The first kappa shape index (κ1) is 31.6.